The molecule has 30 heavy (non-hydrogen) atoms. The molecule has 3 rings (SSSR count). The number of ketones is 1. The van der Waals surface area contributed by atoms with Crippen molar-refractivity contribution in [1.29, 1.82) is 0 Å². The van der Waals surface area contributed by atoms with E-state index in [1.54, 1.807) is 12.1 Å². The van der Waals surface area contributed by atoms with E-state index in [0.29, 0.717) is 22.8 Å². The number of hydrogen-bond acceptors (Lipinski definition) is 6. The summed E-state index contributed by atoms with van der Waals surface area (Å²) in [5, 5.41) is 0. The van der Waals surface area contributed by atoms with Gasteiger partial charge in [-0.2, -0.15) is 0 Å². The second-order valence-corrected chi connectivity index (χ2v) is 10.6. The second-order valence-electron chi connectivity index (χ2n) is 7.64. The monoisotopic (exact) mass is 449 g/mol. The number of nitrogens with one attached hydrogen (secondary N) is 1. The van der Waals surface area contributed by atoms with Crippen LogP contribution < -0.4 is 4.72 Å². The molecule has 1 aliphatic carbocycles. The number of esters is 1. The number of sulfonamides is 1. The van der Waals surface area contributed by atoms with Crippen molar-refractivity contribution in [3.63, 3.8) is 0 Å². The molecule has 1 fully saturated rings. The molecule has 0 bridgehead atoms. The minimum absolute atomic E-state index is 0.229. The Morgan fingerprint density at radius 2 is 1.77 bits per heavy atom. The second kappa shape index (κ2) is 10.3. The van der Waals surface area contributed by atoms with Crippen molar-refractivity contribution in [3.8, 4) is 0 Å². The minimum Gasteiger partial charge on any atom is -0.453 e. The quantitative estimate of drug-likeness (QED) is 0.463. The van der Waals surface area contributed by atoms with Crippen LogP contribution in [0.5, 0.6) is 0 Å². The van der Waals surface area contributed by atoms with Gasteiger partial charge in [-0.05, 0) is 42.9 Å². The van der Waals surface area contributed by atoms with E-state index in [0.717, 1.165) is 11.1 Å². The van der Waals surface area contributed by atoms with Crippen LogP contribution in [-0.4, -0.2) is 39.6 Å². The number of benzene rings is 1. The minimum atomic E-state index is -3.23. The zero-order chi connectivity index (χ0) is 21.6. The maximum atomic E-state index is 12.4. The highest BCUT2D eigenvalue weighted by atomic mass is 32.2. The summed E-state index contributed by atoms with van der Waals surface area (Å²) in [7, 11) is -3.23. The Hall–Kier alpha value is -2.03. The first-order chi connectivity index (χ1) is 14.3. The van der Waals surface area contributed by atoms with Crippen LogP contribution in [0.1, 0.15) is 68.5 Å². The third-order valence-corrected chi connectivity index (χ3v) is 7.10. The molecule has 6 nitrogen and oxygen atoms in total. The molecule has 0 aliphatic heterocycles. The smallest absolute Gasteiger partial charge is 0.348 e. The van der Waals surface area contributed by atoms with Gasteiger partial charge in [-0.25, -0.2) is 17.9 Å². The van der Waals surface area contributed by atoms with E-state index in [-0.39, 0.29) is 18.9 Å². The fourth-order valence-corrected chi connectivity index (χ4v) is 5.02. The van der Waals surface area contributed by atoms with Gasteiger partial charge in [0.15, 0.2) is 12.4 Å². The lowest BCUT2D eigenvalue weighted by molar-refractivity contribution is 0.0479. The van der Waals surface area contributed by atoms with Crippen molar-refractivity contribution in [1.82, 2.24) is 4.72 Å². The van der Waals surface area contributed by atoms with Gasteiger partial charge in [-0.1, -0.05) is 43.5 Å². The molecule has 1 aromatic carbocycles. The first-order valence-corrected chi connectivity index (χ1v) is 12.9. The van der Waals surface area contributed by atoms with Crippen LogP contribution >= 0.6 is 11.3 Å². The molecule has 1 N–H and O–H groups in total. The molecule has 2 aromatic rings. The number of carbonyl (C=O) groups is 2. The van der Waals surface area contributed by atoms with Crippen molar-refractivity contribution in [2.45, 2.75) is 44.4 Å². The Bertz CT molecular complexity index is 973. The van der Waals surface area contributed by atoms with Crippen molar-refractivity contribution in [3.05, 3.63) is 57.3 Å². The summed E-state index contributed by atoms with van der Waals surface area (Å²) in [5.74, 6) is -0.191. The topological polar surface area (TPSA) is 89.5 Å². The Balaban J connectivity index is 1.48. The number of ether oxygens (including phenoxy) is 1. The Morgan fingerprint density at radius 1 is 1.07 bits per heavy atom. The number of hydrogen-bond donors (Lipinski definition) is 1. The van der Waals surface area contributed by atoms with Crippen molar-refractivity contribution in [2.24, 2.45) is 0 Å². The molecule has 0 radical (unpaired) electrons. The SMILES string of the molecule is CS(=O)(=O)NCCc1ccc(C(=O)OCC(=O)c2ccc(C3CCCCC3)cc2)s1. The highest BCUT2D eigenvalue weighted by Crippen LogP contribution is 2.32. The van der Waals surface area contributed by atoms with Gasteiger partial charge in [-0.15, -0.1) is 11.3 Å². The largest absolute Gasteiger partial charge is 0.453 e. The number of Topliss-reactive ketones (excluding diaryl/α,β-unsaturated/α-hetero) is 1. The molecule has 1 saturated carbocycles. The zero-order valence-electron chi connectivity index (χ0n) is 17.1. The van der Waals surface area contributed by atoms with Gasteiger partial charge in [0.1, 0.15) is 4.88 Å². The van der Waals surface area contributed by atoms with Gasteiger partial charge in [0.25, 0.3) is 0 Å². The van der Waals surface area contributed by atoms with Crippen LogP contribution in [0.2, 0.25) is 0 Å². The first-order valence-electron chi connectivity index (χ1n) is 10.2. The van der Waals surface area contributed by atoms with E-state index in [1.165, 1.54) is 49.0 Å². The van der Waals surface area contributed by atoms with Crippen molar-refractivity contribution >= 4 is 33.1 Å². The Morgan fingerprint density at radius 3 is 2.43 bits per heavy atom. The molecule has 0 amide bonds. The number of rotatable bonds is 9. The molecule has 0 saturated heterocycles. The molecular weight excluding hydrogens is 422 g/mol. The van der Waals surface area contributed by atoms with Crippen LogP contribution in [-0.2, 0) is 21.2 Å². The summed E-state index contributed by atoms with van der Waals surface area (Å²) < 4.78 is 29.8. The van der Waals surface area contributed by atoms with E-state index in [2.05, 4.69) is 4.72 Å². The fraction of sp³-hybridized carbons (Fsp3) is 0.455. The van der Waals surface area contributed by atoms with Crippen LogP contribution in [0.25, 0.3) is 0 Å². The molecule has 8 heteroatoms. The molecule has 0 unspecified atom stereocenters. The average Bonchev–Trinajstić information content (AvgIpc) is 3.20. The van der Waals surface area contributed by atoms with Gasteiger partial charge >= 0.3 is 5.97 Å². The third kappa shape index (κ3) is 6.75. The standard InChI is InChI=1S/C22H27NO5S2/c1-30(26,27)23-14-13-19-11-12-21(29-19)22(25)28-15-20(24)18-9-7-17(8-10-18)16-5-3-2-4-6-16/h7-12,16,23H,2-6,13-15H2,1H3. The van der Waals surface area contributed by atoms with Crippen molar-refractivity contribution in [2.75, 3.05) is 19.4 Å². The van der Waals surface area contributed by atoms with Crippen LogP contribution in [0, 0.1) is 0 Å². The van der Waals surface area contributed by atoms with Gasteiger partial charge in [0.2, 0.25) is 10.0 Å². The van der Waals surface area contributed by atoms with Crippen molar-refractivity contribution < 1.29 is 22.7 Å². The van der Waals surface area contributed by atoms with Gasteiger partial charge < -0.3 is 4.74 Å². The summed E-state index contributed by atoms with van der Waals surface area (Å²) in [4.78, 5) is 25.8. The van der Waals surface area contributed by atoms with E-state index < -0.39 is 16.0 Å². The van der Waals surface area contributed by atoms with E-state index >= 15 is 0 Å². The summed E-state index contributed by atoms with van der Waals surface area (Å²) >= 11 is 1.24. The van der Waals surface area contributed by atoms with E-state index in [9.17, 15) is 18.0 Å². The Labute approximate surface area is 181 Å². The van der Waals surface area contributed by atoms with Crippen LogP contribution in [0.4, 0.5) is 0 Å². The maximum Gasteiger partial charge on any atom is 0.348 e. The molecule has 1 aliphatic rings. The number of thiophene rings is 1. The lowest BCUT2D eigenvalue weighted by Crippen LogP contribution is -2.24. The average molecular weight is 450 g/mol. The highest BCUT2D eigenvalue weighted by molar-refractivity contribution is 7.88. The highest BCUT2D eigenvalue weighted by Gasteiger charge is 2.17. The molecule has 0 atom stereocenters. The Kier molecular flexibility index (Phi) is 7.80. The van der Waals surface area contributed by atoms with E-state index in [1.807, 2.05) is 24.3 Å². The summed E-state index contributed by atoms with van der Waals surface area (Å²) in [6.45, 7) is -0.0341. The summed E-state index contributed by atoms with van der Waals surface area (Å²) in [6, 6.07) is 11.1. The first kappa shape index (κ1) is 22.7. The predicted octanol–water partition coefficient (Wildman–Crippen LogP) is 3.93. The third-order valence-electron chi connectivity index (χ3n) is 5.24. The predicted molar refractivity (Wildman–Crippen MR) is 118 cm³/mol. The fourth-order valence-electron chi connectivity index (χ4n) is 3.64. The van der Waals surface area contributed by atoms with Gasteiger partial charge in [-0.3, -0.25) is 4.79 Å². The number of carbonyl (C=O) groups excluding carboxylic acids is 2. The van der Waals surface area contributed by atoms with E-state index in [4.69, 9.17) is 4.74 Å². The lowest BCUT2D eigenvalue weighted by atomic mass is 9.84. The summed E-state index contributed by atoms with van der Waals surface area (Å²) in [6.07, 6.45) is 7.83. The molecule has 0 spiro atoms. The molecular formula is C22H27NO5S2. The zero-order valence-corrected chi connectivity index (χ0v) is 18.7. The summed E-state index contributed by atoms with van der Waals surface area (Å²) in [5.41, 5.74) is 1.82. The van der Waals surface area contributed by atoms with Crippen LogP contribution in [0.15, 0.2) is 36.4 Å². The van der Waals surface area contributed by atoms with Crippen LogP contribution in [0.3, 0.4) is 0 Å². The molecule has 1 aromatic heterocycles. The van der Waals surface area contributed by atoms with Gasteiger partial charge in [0.05, 0.1) is 6.26 Å². The van der Waals surface area contributed by atoms with Gasteiger partial charge in [0, 0.05) is 17.0 Å². The maximum absolute atomic E-state index is 12.4. The molecule has 1 heterocycles. The lowest BCUT2D eigenvalue weighted by Gasteiger charge is -2.22. The normalized spacial score (nSPS) is 15.1. The molecule has 162 valence electrons.